The number of carbonyl (C=O) groups is 2. The van der Waals surface area contributed by atoms with Crippen LogP contribution in [0.4, 0.5) is 0 Å². The number of aromatic nitrogens is 1. The van der Waals surface area contributed by atoms with Crippen molar-refractivity contribution in [2.24, 2.45) is 18.0 Å². The van der Waals surface area contributed by atoms with E-state index in [2.05, 4.69) is 10.3 Å². The average molecular weight is 359 g/mol. The molecule has 4 rings (SSSR count). The van der Waals surface area contributed by atoms with E-state index in [0.717, 1.165) is 33.3 Å². The highest BCUT2D eigenvalue weighted by Crippen LogP contribution is 2.30. The summed E-state index contributed by atoms with van der Waals surface area (Å²) in [6.07, 6.45) is 7.85. The molecule has 5 nitrogen and oxygen atoms in total. The number of allylic oxidation sites excluding steroid dienone is 3. The van der Waals surface area contributed by atoms with E-state index in [9.17, 15) is 9.59 Å². The largest absolute Gasteiger partial charge is 0.350 e. The lowest BCUT2D eigenvalue weighted by molar-refractivity contribution is -0.118. The van der Waals surface area contributed by atoms with E-state index >= 15 is 0 Å². The van der Waals surface area contributed by atoms with Crippen LogP contribution in [0, 0.1) is 5.92 Å². The van der Waals surface area contributed by atoms with Crippen molar-refractivity contribution in [2.75, 3.05) is 0 Å². The number of hydrogen-bond donors (Lipinski definition) is 1. The normalized spacial score (nSPS) is 20.7. The van der Waals surface area contributed by atoms with Gasteiger partial charge in [0.15, 0.2) is 0 Å². The SMILES string of the molecule is CC1=C(C)C2C=CC(=NC(=O)Cc3cn(C)c4ccccc34)C=C2NC1=O. The van der Waals surface area contributed by atoms with Crippen LogP contribution in [0.5, 0.6) is 0 Å². The number of carbonyl (C=O) groups excluding carboxylic acids is 2. The average Bonchev–Trinajstić information content (AvgIpc) is 2.95. The predicted octanol–water partition coefficient (Wildman–Crippen LogP) is 3.22. The van der Waals surface area contributed by atoms with E-state index in [0.29, 0.717) is 5.71 Å². The molecule has 0 fully saturated rings. The minimum atomic E-state index is -0.202. The third kappa shape index (κ3) is 3.05. The maximum Gasteiger partial charge on any atom is 0.251 e. The van der Waals surface area contributed by atoms with Crippen molar-refractivity contribution in [3.8, 4) is 0 Å². The van der Waals surface area contributed by atoms with Crippen LogP contribution in [0.15, 0.2) is 70.5 Å². The number of rotatable bonds is 2. The van der Waals surface area contributed by atoms with Gasteiger partial charge in [0.2, 0.25) is 0 Å². The van der Waals surface area contributed by atoms with Crippen molar-refractivity contribution in [3.63, 3.8) is 0 Å². The lowest BCUT2D eigenvalue weighted by Gasteiger charge is -2.28. The maximum absolute atomic E-state index is 12.5. The summed E-state index contributed by atoms with van der Waals surface area (Å²) in [7, 11) is 1.97. The van der Waals surface area contributed by atoms with Gasteiger partial charge in [0.1, 0.15) is 0 Å². The lowest BCUT2D eigenvalue weighted by Crippen LogP contribution is -2.35. The van der Waals surface area contributed by atoms with Gasteiger partial charge in [0, 0.05) is 41.3 Å². The van der Waals surface area contributed by atoms with Gasteiger partial charge in [-0.3, -0.25) is 9.59 Å². The van der Waals surface area contributed by atoms with Crippen LogP contribution in [0.2, 0.25) is 0 Å². The molecule has 1 N–H and O–H groups in total. The Bertz CT molecular complexity index is 1100. The van der Waals surface area contributed by atoms with Crippen LogP contribution in [0.3, 0.4) is 0 Å². The van der Waals surface area contributed by atoms with Gasteiger partial charge in [0.05, 0.1) is 12.1 Å². The zero-order valence-corrected chi connectivity index (χ0v) is 15.6. The fourth-order valence-electron chi connectivity index (χ4n) is 3.71. The Morgan fingerprint density at radius 3 is 2.85 bits per heavy atom. The number of para-hydroxylation sites is 1. The number of nitrogens with zero attached hydrogens (tertiary/aromatic N) is 2. The van der Waals surface area contributed by atoms with Gasteiger partial charge < -0.3 is 9.88 Å². The van der Waals surface area contributed by atoms with E-state index in [1.54, 1.807) is 6.08 Å². The van der Waals surface area contributed by atoms with Crippen molar-refractivity contribution >= 4 is 28.4 Å². The summed E-state index contributed by atoms with van der Waals surface area (Å²) in [6.45, 7) is 3.79. The second-order valence-corrected chi connectivity index (χ2v) is 7.09. The van der Waals surface area contributed by atoms with Crippen LogP contribution in [0.1, 0.15) is 19.4 Å². The number of nitrogens with one attached hydrogen (secondary N) is 1. The van der Waals surface area contributed by atoms with E-state index in [1.807, 2.05) is 68.1 Å². The predicted molar refractivity (Wildman–Crippen MR) is 106 cm³/mol. The second-order valence-electron chi connectivity index (χ2n) is 7.09. The highest BCUT2D eigenvalue weighted by Gasteiger charge is 2.27. The molecule has 1 atom stereocenters. The molecule has 2 aliphatic rings. The number of aryl methyl sites for hydroxylation is 1. The quantitative estimate of drug-likeness (QED) is 0.895. The Morgan fingerprint density at radius 2 is 2.04 bits per heavy atom. The van der Waals surface area contributed by atoms with E-state index in [-0.39, 0.29) is 24.2 Å². The van der Waals surface area contributed by atoms with Crippen LogP contribution in [0.25, 0.3) is 10.9 Å². The molecule has 1 unspecified atom stereocenters. The Kier molecular flexibility index (Phi) is 4.15. The maximum atomic E-state index is 12.5. The fraction of sp³-hybridized carbons (Fsp3) is 0.227. The molecule has 2 amide bonds. The first-order valence-corrected chi connectivity index (χ1v) is 8.97. The minimum absolute atomic E-state index is 0.0508. The summed E-state index contributed by atoms with van der Waals surface area (Å²) in [5.74, 6) is -0.242. The first-order valence-electron chi connectivity index (χ1n) is 8.97. The van der Waals surface area contributed by atoms with Gasteiger partial charge in [-0.1, -0.05) is 29.8 Å². The molecule has 2 aromatic rings. The summed E-state index contributed by atoms with van der Waals surface area (Å²) >= 11 is 0. The zero-order chi connectivity index (χ0) is 19.1. The molecule has 0 bridgehead atoms. The Balaban J connectivity index is 1.58. The van der Waals surface area contributed by atoms with Gasteiger partial charge in [0.25, 0.3) is 11.8 Å². The molecular weight excluding hydrogens is 338 g/mol. The van der Waals surface area contributed by atoms with Crippen LogP contribution in [-0.2, 0) is 23.1 Å². The van der Waals surface area contributed by atoms with Crippen molar-refractivity contribution in [3.05, 3.63) is 71.1 Å². The van der Waals surface area contributed by atoms with Gasteiger partial charge in [-0.25, -0.2) is 4.99 Å². The highest BCUT2D eigenvalue weighted by atomic mass is 16.2. The summed E-state index contributed by atoms with van der Waals surface area (Å²) in [6, 6.07) is 8.01. The summed E-state index contributed by atoms with van der Waals surface area (Å²) < 4.78 is 2.02. The van der Waals surface area contributed by atoms with Crippen molar-refractivity contribution < 1.29 is 9.59 Å². The molecule has 0 radical (unpaired) electrons. The molecule has 0 saturated carbocycles. The third-order valence-corrected chi connectivity index (χ3v) is 5.33. The monoisotopic (exact) mass is 359 g/mol. The van der Waals surface area contributed by atoms with E-state index in [1.165, 1.54) is 0 Å². The number of hydrogen-bond acceptors (Lipinski definition) is 2. The molecule has 1 aliphatic heterocycles. The topological polar surface area (TPSA) is 63.5 Å². The van der Waals surface area contributed by atoms with Gasteiger partial charge in [-0.05, 0) is 37.6 Å². The zero-order valence-electron chi connectivity index (χ0n) is 15.6. The van der Waals surface area contributed by atoms with Crippen LogP contribution < -0.4 is 5.32 Å². The van der Waals surface area contributed by atoms with Crippen LogP contribution in [-0.4, -0.2) is 22.1 Å². The standard InChI is InChI=1S/C22H21N3O2/c1-13-14(2)22(27)24-19-11-16(8-9-17(13)19)23-21(26)10-15-12-25(3)20-7-5-4-6-18(15)20/h4-9,11-12,17H,10H2,1-3H3,(H,24,27). The third-order valence-electron chi connectivity index (χ3n) is 5.33. The smallest absolute Gasteiger partial charge is 0.251 e. The highest BCUT2D eigenvalue weighted by molar-refractivity contribution is 6.12. The van der Waals surface area contributed by atoms with Gasteiger partial charge >= 0.3 is 0 Å². The number of fused-ring (bicyclic) bond motifs is 2. The van der Waals surface area contributed by atoms with Gasteiger partial charge in [-0.15, -0.1) is 0 Å². The number of benzene rings is 1. The van der Waals surface area contributed by atoms with Crippen molar-refractivity contribution in [1.29, 1.82) is 0 Å². The molecule has 0 saturated heterocycles. The molecule has 2 heterocycles. The summed E-state index contributed by atoms with van der Waals surface area (Å²) in [4.78, 5) is 28.8. The second kappa shape index (κ2) is 6.50. The first kappa shape index (κ1) is 17.2. The molecule has 5 heteroatoms. The molecule has 1 aromatic carbocycles. The molecule has 1 aromatic heterocycles. The molecule has 136 valence electrons. The summed E-state index contributed by atoms with van der Waals surface area (Å²) in [5, 5.41) is 3.97. The summed E-state index contributed by atoms with van der Waals surface area (Å²) in [5.41, 5.74) is 5.18. The van der Waals surface area contributed by atoms with E-state index in [4.69, 9.17) is 0 Å². The number of aliphatic imine (C=N–C) groups is 1. The molecule has 1 aliphatic carbocycles. The van der Waals surface area contributed by atoms with E-state index < -0.39 is 0 Å². The molecule has 27 heavy (non-hydrogen) atoms. The first-order chi connectivity index (χ1) is 12.9. The molecule has 0 spiro atoms. The lowest BCUT2D eigenvalue weighted by atomic mass is 9.85. The van der Waals surface area contributed by atoms with Crippen molar-refractivity contribution in [2.45, 2.75) is 20.3 Å². The Labute approximate surface area is 157 Å². The molecular formula is C22H21N3O2. The fourth-order valence-corrected chi connectivity index (χ4v) is 3.71. The Hall–Kier alpha value is -3.21. The van der Waals surface area contributed by atoms with Gasteiger partial charge in [-0.2, -0.15) is 0 Å². The van der Waals surface area contributed by atoms with Crippen molar-refractivity contribution in [1.82, 2.24) is 9.88 Å². The number of amides is 2. The minimum Gasteiger partial charge on any atom is -0.350 e. The van der Waals surface area contributed by atoms with Crippen LogP contribution >= 0.6 is 0 Å². The Morgan fingerprint density at radius 1 is 1.26 bits per heavy atom.